The van der Waals surface area contributed by atoms with E-state index in [4.69, 9.17) is 9.47 Å². The Hall–Kier alpha value is -1.06. The predicted molar refractivity (Wildman–Crippen MR) is 77.7 cm³/mol. The van der Waals surface area contributed by atoms with Gasteiger partial charge in [0.05, 0.1) is 13.2 Å². The Morgan fingerprint density at radius 2 is 2.00 bits per heavy atom. The van der Waals surface area contributed by atoms with E-state index >= 15 is 0 Å². The topological polar surface area (TPSA) is 18.5 Å². The van der Waals surface area contributed by atoms with Crippen LogP contribution in [-0.2, 0) is 16.1 Å². The molecule has 1 aromatic heterocycles. The maximum atomic E-state index is 5.59. The molecule has 0 saturated heterocycles. The zero-order chi connectivity index (χ0) is 13.1. The molecule has 18 heavy (non-hydrogen) atoms. The van der Waals surface area contributed by atoms with Crippen molar-refractivity contribution >= 4 is 11.3 Å². The number of thiophene rings is 1. The third-order valence-corrected chi connectivity index (χ3v) is 3.28. The van der Waals surface area contributed by atoms with Crippen LogP contribution in [0.2, 0.25) is 0 Å². The second-order valence-corrected chi connectivity index (χ2v) is 4.90. The van der Waals surface area contributed by atoms with Crippen LogP contribution in [0.1, 0.15) is 31.2 Å². The molecule has 0 radical (unpaired) electrons. The third-order valence-electron chi connectivity index (χ3n) is 2.55. The standard InChI is InChI=1S/C15H22O2S/c1-3-14(2)17-10-7-5-4-6-9-16-12-15-8-11-18-13-15/h3,8,11,13H,1-2,4-7,9-10,12H2. The number of ether oxygens (including phenoxy) is 2. The van der Waals surface area contributed by atoms with Crippen molar-refractivity contribution in [2.45, 2.75) is 32.3 Å². The Kier molecular flexibility index (Phi) is 8.26. The molecule has 3 heteroatoms. The zero-order valence-corrected chi connectivity index (χ0v) is 11.7. The summed E-state index contributed by atoms with van der Waals surface area (Å²) < 4.78 is 10.9. The van der Waals surface area contributed by atoms with Gasteiger partial charge in [0.1, 0.15) is 5.76 Å². The van der Waals surface area contributed by atoms with Crippen molar-refractivity contribution in [1.29, 1.82) is 0 Å². The molecule has 1 aromatic rings. The first-order valence-electron chi connectivity index (χ1n) is 6.36. The summed E-state index contributed by atoms with van der Waals surface area (Å²) in [5, 5.41) is 4.21. The SMILES string of the molecule is C=CC(=C)OCCCCCCOCc1ccsc1. The lowest BCUT2D eigenvalue weighted by atomic mass is 10.2. The Labute approximate surface area is 114 Å². The Morgan fingerprint density at radius 3 is 2.67 bits per heavy atom. The van der Waals surface area contributed by atoms with Crippen molar-refractivity contribution in [2.24, 2.45) is 0 Å². The molecule has 0 saturated carbocycles. The van der Waals surface area contributed by atoms with Gasteiger partial charge in [0.15, 0.2) is 0 Å². The van der Waals surface area contributed by atoms with Gasteiger partial charge in [-0.25, -0.2) is 0 Å². The van der Waals surface area contributed by atoms with Crippen LogP contribution in [0.5, 0.6) is 0 Å². The van der Waals surface area contributed by atoms with Crippen molar-refractivity contribution < 1.29 is 9.47 Å². The summed E-state index contributed by atoms with van der Waals surface area (Å²) in [7, 11) is 0. The van der Waals surface area contributed by atoms with Gasteiger partial charge in [-0.1, -0.05) is 19.6 Å². The largest absolute Gasteiger partial charge is 0.494 e. The molecule has 0 aromatic carbocycles. The van der Waals surface area contributed by atoms with Crippen LogP contribution in [0, 0.1) is 0 Å². The second-order valence-electron chi connectivity index (χ2n) is 4.12. The number of hydrogen-bond acceptors (Lipinski definition) is 3. The molecule has 0 fully saturated rings. The van der Waals surface area contributed by atoms with E-state index in [1.165, 1.54) is 18.4 Å². The summed E-state index contributed by atoms with van der Waals surface area (Å²) in [6, 6.07) is 2.11. The van der Waals surface area contributed by atoms with Crippen LogP contribution in [0.25, 0.3) is 0 Å². The molecule has 100 valence electrons. The van der Waals surface area contributed by atoms with Crippen LogP contribution in [0.3, 0.4) is 0 Å². The Balaban J connectivity index is 1.81. The average molecular weight is 266 g/mol. The van der Waals surface area contributed by atoms with Crippen LogP contribution in [-0.4, -0.2) is 13.2 Å². The number of allylic oxidation sites excluding steroid dienone is 1. The first-order valence-corrected chi connectivity index (χ1v) is 7.30. The second kappa shape index (κ2) is 9.92. The van der Waals surface area contributed by atoms with E-state index < -0.39 is 0 Å². The van der Waals surface area contributed by atoms with E-state index in [2.05, 4.69) is 30.0 Å². The van der Waals surface area contributed by atoms with Gasteiger partial charge in [-0.3, -0.25) is 0 Å². The van der Waals surface area contributed by atoms with E-state index in [0.29, 0.717) is 5.76 Å². The summed E-state index contributed by atoms with van der Waals surface area (Å²) in [5.74, 6) is 0.661. The highest BCUT2D eigenvalue weighted by Gasteiger charge is 1.95. The molecule has 0 unspecified atom stereocenters. The fraction of sp³-hybridized carbons (Fsp3) is 0.467. The molecule has 0 N–H and O–H groups in total. The van der Waals surface area contributed by atoms with Crippen molar-refractivity contribution in [3.05, 3.63) is 47.4 Å². The first kappa shape index (κ1) is 15.0. The van der Waals surface area contributed by atoms with E-state index in [0.717, 1.165) is 32.7 Å². The molecule has 1 heterocycles. The van der Waals surface area contributed by atoms with Crippen molar-refractivity contribution in [3.8, 4) is 0 Å². The predicted octanol–water partition coefficient (Wildman–Crippen LogP) is 4.54. The van der Waals surface area contributed by atoms with E-state index in [-0.39, 0.29) is 0 Å². The smallest absolute Gasteiger partial charge is 0.111 e. The molecular formula is C15H22O2S. The Bertz CT molecular complexity index is 330. The summed E-state index contributed by atoms with van der Waals surface area (Å²) in [5.41, 5.74) is 1.27. The lowest BCUT2D eigenvalue weighted by Crippen LogP contribution is -1.96. The fourth-order valence-corrected chi connectivity index (χ4v) is 2.14. The quantitative estimate of drug-likeness (QED) is 0.332. The van der Waals surface area contributed by atoms with Crippen LogP contribution < -0.4 is 0 Å². The molecule has 0 bridgehead atoms. The van der Waals surface area contributed by atoms with Gasteiger partial charge in [0.2, 0.25) is 0 Å². The lowest BCUT2D eigenvalue weighted by Gasteiger charge is -2.05. The number of rotatable bonds is 11. The van der Waals surface area contributed by atoms with Gasteiger partial charge in [0, 0.05) is 6.61 Å². The number of hydrogen-bond donors (Lipinski definition) is 0. The van der Waals surface area contributed by atoms with Crippen molar-refractivity contribution in [2.75, 3.05) is 13.2 Å². The maximum absolute atomic E-state index is 5.59. The Morgan fingerprint density at radius 1 is 1.22 bits per heavy atom. The van der Waals surface area contributed by atoms with Crippen LogP contribution >= 0.6 is 11.3 Å². The highest BCUT2D eigenvalue weighted by atomic mass is 32.1. The van der Waals surface area contributed by atoms with E-state index in [1.807, 2.05) is 0 Å². The monoisotopic (exact) mass is 266 g/mol. The van der Waals surface area contributed by atoms with E-state index in [9.17, 15) is 0 Å². The summed E-state index contributed by atoms with van der Waals surface area (Å²) in [4.78, 5) is 0. The maximum Gasteiger partial charge on any atom is 0.111 e. The third kappa shape index (κ3) is 7.30. The molecule has 0 aliphatic carbocycles. The van der Waals surface area contributed by atoms with Gasteiger partial charge in [-0.2, -0.15) is 11.3 Å². The molecule has 0 atom stereocenters. The summed E-state index contributed by atoms with van der Waals surface area (Å²) in [6.07, 6.45) is 6.18. The van der Waals surface area contributed by atoms with Gasteiger partial charge in [0.25, 0.3) is 0 Å². The summed E-state index contributed by atoms with van der Waals surface area (Å²) in [6.45, 7) is 9.61. The highest BCUT2D eigenvalue weighted by Crippen LogP contribution is 2.08. The first-order chi connectivity index (χ1) is 8.83. The normalized spacial score (nSPS) is 10.2. The van der Waals surface area contributed by atoms with Gasteiger partial charge < -0.3 is 9.47 Å². The van der Waals surface area contributed by atoms with Crippen molar-refractivity contribution in [1.82, 2.24) is 0 Å². The zero-order valence-electron chi connectivity index (χ0n) is 10.9. The minimum absolute atomic E-state index is 0.661. The molecule has 0 spiro atoms. The fourth-order valence-electron chi connectivity index (χ4n) is 1.49. The molecule has 0 aliphatic rings. The molecule has 0 aliphatic heterocycles. The van der Waals surface area contributed by atoms with Crippen LogP contribution in [0.4, 0.5) is 0 Å². The molecule has 2 nitrogen and oxygen atoms in total. The minimum Gasteiger partial charge on any atom is -0.494 e. The van der Waals surface area contributed by atoms with Crippen LogP contribution in [0.15, 0.2) is 41.8 Å². The van der Waals surface area contributed by atoms with Gasteiger partial charge >= 0.3 is 0 Å². The molecular weight excluding hydrogens is 244 g/mol. The molecule has 0 amide bonds. The lowest BCUT2D eigenvalue weighted by molar-refractivity contribution is 0.116. The van der Waals surface area contributed by atoms with Gasteiger partial charge in [-0.15, -0.1) is 0 Å². The van der Waals surface area contributed by atoms with Gasteiger partial charge in [-0.05, 0) is 47.7 Å². The van der Waals surface area contributed by atoms with E-state index in [1.54, 1.807) is 17.4 Å². The molecule has 1 rings (SSSR count). The van der Waals surface area contributed by atoms with Crippen molar-refractivity contribution in [3.63, 3.8) is 0 Å². The average Bonchev–Trinajstić information content (AvgIpc) is 2.89. The number of unbranched alkanes of at least 4 members (excludes halogenated alkanes) is 3. The summed E-state index contributed by atoms with van der Waals surface area (Å²) >= 11 is 1.71. The minimum atomic E-state index is 0.661. The highest BCUT2D eigenvalue weighted by molar-refractivity contribution is 7.07.